The Hall–Kier alpha value is -2.35. The highest BCUT2D eigenvalue weighted by molar-refractivity contribution is 7.14. The normalized spacial score (nSPS) is 14.8. The molecule has 26 heavy (non-hydrogen) atoms. The number of amides is 3. The van der Waals surface area contributed by atoms with Crippen LogP contribution in [-0.4, -0.2) is 34.5 Å². The summed E-state index contributed by atoms with van der Waals surface area (Å²) >= 11 is 1.40. The van der Waals surface area contributed by atoms with Gasteiger partial charge in [0.15, 0.2) is 5.13 Å². The van der Waals surface area contributed by atoms with E-state index in [1.54, 1.807) is 0 Å². The minimum absolute atomic E-state index is 0.0909. The van der Waals surface area contributed by atoms with Crippen molar-refractivity contribution < 1.29 is 9.59 Å². The summed E-state index contributed by atoms with van der Waals surface area (Å²) in [4.78, 5) is 31.3. The average Bonchev–Trinajstić information content (AvgIpc) is 3.31. The minimum Gasteiger partial charge on any atom is -0.360 e. The van der Waals surface area contributed by atoms with Gasteiger partial charge in [0, 0.05) is 30.6 Å². The number of nitrogens with zero attached hydrogens (tertiary/aromatic N) is 1. The fourth-order valence-corrected chi connectivity index (χ4v) is 3.79. The molecule has 1 aliphatic rings. The second kappa shape index (κ2) is 9.38. The van der Waals surface area contributed by atoms with E-state index in [-0.39, 0.29) is 11.9 Å². The van der Waals surface area contributed by atoms with E-state index < -0.39 is 0 Å². The predicted octanol–water partition coefficient (Wildman–Crippen LogP) is 3.49. The fraction of sp³-hybridized carbons (Fsp3) is 0.500. The summed E-state index contributed by atoms with van der Waals surface area (Å²) in [5.41, 5.74) is 1.74. The van der Waals surface area contributed by atoms with Gasteiger partial charge in [-0.3, -0.25) is 4.79 Å². The molecule has 1 aliphatic carbocycles. The SMILES string of the molecule is O=C(CCCNC(=O)NC1CCCCC1)Nc1nc(-c2ccc[nH]2)cs1. The largest absolute Gasteiger partial charge is 0.360 e. The highest BCUT2D eigenvalue weighted by Crippen LogP contribution is 2.23. The van der Waals surface area contributed by atoms with Crippen LogP contribution in [0.3, 0.4) is 0 Å². The van der Waals surface area contributed by atoms with Gasteiger partial charge in [0.05, 0.1) is 11.4 Å². The smallest absolute Gasteiger partial charge is 0.315 e. The Morgan fingerprint density at radius 1 is 1.27 bits per heavy atom. The zero-order valence-electron chi connectivity index (χ0n) is 14.7. The molecule has 1 saturated carbocycles. The van der Waals surface area contributed by atoms with E-state index in [9.17, 15) is 9.59 Å². The van der Waals surface area contributed by atoms with Crippen molar-refractivity contribution in [2.24, 2.45) is 0 Å². The van der Waals surface area contributed by atoms with Gasteiger partial charge in [0.2, 0.25) is 5.91 Å². The molecule has 0 saturated heterocycles. The van der Waals surface area contributed by atoms with Crippen LogP contribution in [0.15, 0.2) is 23.7 Å². The van der Waals surface area contributed by atoms with E-state index in [2.05, 4.69) is 25.9 Å². The molecule has 0 aromatic carbocycles. The van der Waals surface area contributed by atoms with Crippen molar-refractivity contribution in [3.05, 3.63) is 23.7 Å². The summed E-state index contributed by atoms with van der Waals surface area (Å²) in [5.74, 6) is -0.0909. The molecule has 3 amide bonds. The van der Waals surface area contributed by atoms with Crippen molar-refractivity contribution in [2.45, 2.75) is 51.0 Å². The van der Waals surface area contributed by atoms with E-state index in [1.165, 1.54) is 30.6 Å². The molecule has 0 spiro atoms. The molecule has 2 heterocycles. The first-order valence-electron chi connectivity index (χ1n) is 9.14. The van der Waals surface area contributed by atoms with Gasteiger partial charge in [-0.2, -0.15) is 0 Å². The van der Waals surface area contributed by atoms with Crippen LogP contribution in [0, 0.1) is 0 Å². The van der Waals surface area contributed by atoms with Crippen LogP contribution in [0.4, 0.5) is 9.93 Å². The van der Waals surface area contributed by atoms with Crippen LogP contribution in [0.1, 0.15) is 44.9 Å². The standard InChI is InChI=1S/C18H25N5O2S/c24-16(23-18-22-15(12-26-18)14-8-4-10-19-14)9-5-11-20-17(25)21-13-6-2-1-3-7-13/h4,8,10,12-13,19H,1-3,5-7,9,11H2,(H2,20,21,25)(H,22,23,24). The summed E-state index contributed by atoms with van der Waals surface area (Å²) in [6.07, 6.45) is 8.55. The van der Waals surface area contributed by atoms with Crippen LogP contribution in [0.5, 0.6) is 0 Å². The Bertz CT molecular complexity index is 707. The monoisotopic (exact) mass is 375 g/mol. The first-order chi connectivity index (χ1) is 12.7. The van der Waals surface area contributed by atoms with Gasteiger partial charge in [-0.25, -0.2) is 9.78 Å². The van der Waals surface area contributed by atoms with Crippen molar-refractivity contribution in [2.75, 3.05) is 11.9 Å². The highest BCUT2D eigenvalue weighted by Gasteiger charge is 2.15. The Morgan fingerprint density at radius 3 is 2.88 bits per heavy atom. The third kappa shape index (κ3) is 5.59. The third-order valence-corrected chi connectivity index (χ3v) is 5.19. The van der Waals surface area contributed by atoms with Crippen LogP contribution in [0.25, 0.3) is 11.4 Å². The molecule has 0 bridgehead atoms. The molecule has 0 radical (unpaired) electrons. The number of H-pyrrole nitrogens is 1. The molecule has 0 aliphatic heterocycles. The Balaban J connectivity index is 1.31. The van der Waals surface area contributed by atoms with Crippen molar-refractivity contribution in [1.29, 1.82) is 0 Å². The van der Waals surface area contributed by atoms with E-state index in [1.807, 2.05) is 23.7 Å². The molecular formula is C18H25N5O2S. The topological polar surface area (TPSA) is 98.9 Å². The number of hydrogen-bond donors (Lipinski definition) is 4. The van der Waals surface area contributed by atoms with Gasteiger partial charge in [-0.1, -0.05) is 19.3 Å². The summed E-state index contributed by atoms with van der Waals surface area (Å²) in [6.45, 7) is 0.484. The Morgan fingerprint density at radius 2 is 2.12 bits per heavy atom. The Kier molecular flexibility index (Phi) is 6.65. The average molecular weight is 375 g/mol. The van der Waals surface area contributed by atoms with Gasteiger partial charge in [0.25, 0.3) is 0 Å². The van der Waals surface area contributed by atoms with E-state index >= 15 is 0 Å². The summed E-state index contributed by atoms with van der Waals surface area (Å²) in [5, 5.41) is 11.1. The molecule has 140 valence electrons. The first kappa shape index (κ1) is 18.4. The fourth-order valence-electron chi connectivity index (χ4n) is 3.06. The van der Waals surface area contributed by atoms with Crippen LogP contribution >= 0.6 is 11.3 Å². The third-order valence-electron chi connectivity index (χ3n) is 4.43. The van der Waals surface area contributed by atoms with Gasteiger partial charge in [0.1, 0.15) is 0 Å². The number of hydrogen-bond acceptors (Lipinski definition) is 4. The number of aromatic nitrogens is 2. The molecule has 4 N–H and O–H groups in total. The predicted molar refractivity (Wildman–Crippen MR) is 103 cm³/mol. The number of carbonyl (C=O) groups excluding carboxylic acids is 2. The maximum atomic E-state index is 12.0. The molecule has 2 aromatic rings. The van der Waals surface area contributed by atoms with E-state index in [4.69, 9.17) is 0 Å². The maximum absolute atomic E-state index is 12.0. The molecule has 3 rings (SSSR count). The zero-order valence-corrected chi connectivity index (χ0v) is 15.5. The zero-order chi connectivity index (χ0) is 18.2. The number of carbonyl (C=O) groups is 2. The lowest BCUT2D eigenvalue weighted by atomic mass is 9.96. The summed E-state index contributed by atoms with van der Waals surface area (Å²) in [7, 11) is 0. The van der Waals surface area contributed by atoms with Crippen molar-refractivity contribution in [3.63, 3.8) is 0 Å². The lowest BCUT2D eigenvalue weighted by molar-refractivity contribution is -0.116. The molecule has 0 unspecified atom stereocenters. The first-order valence-corrected chi connectivity index (χ1v) is 10.0. The van der Waals surface area contributed by atoms with Gasteiger partial charge in [-0.15, -0.1) is 11.3 Å². The lowest BCUT2D eigenvalue weighted by Crippen LogP contribution is -2.43. The van der Waals surface area contributed by atoms with Crippen LogP contribution in [0.2, 0.25) is 0 Å². The number of rotatable bonds is 7. The number of urea groups is 1. The molecule has 2 aromatic heterocycles. The molecule has 7 nitrogen and oxygen atoms in total. The van der Waals surface area contributed by atoms with Gasteiger partial charge in [-0.05, 0) is 31.4 Å². The van der Waals surface area contributed by atoms with Crippen molar-refractivity contribution in [1.82, 2.24) is 20.6 Å². The Labute approximate surface area is 157 Å². The molecule has 1 fully saturated rings. The van der Waals surface area contributed by atoms with Gasteiger partial charge < -0.3 is 20.9 Å². The van der Waals surface area contributed by atoms with Gasteiger partial charge >= 0.3 is 6.03 Å². The minimum atomic E-state index is -0.132. The number of thiazole rings is 1. The van der Waals surface area contributed by atoms with E-state index in [0.717, 1.165) is 24.2 Å². The molecular weight excluding hydrogens is 350 g/mol. The van der Waals surface area contributed by atoms with Crippen molar-refractivity contribution >= 4 is 28.4 Å². The van der Waals surface area contributed by atoms with Crippen LogP contribution in [-0.2, 0) is 4.79 Å². The number of aromatic amines is 1. The lowest BCUT2D eigenvalue weighted by Gasteiger charge is -2.22. The second-order valence-corrected chi connectivity index (χ2v) is 7.37. The summed E-state index contributed by atoms with van der Waals surface area (Å²) in [6, 6.07) is 4.01. The van der Waals surface area contributed by atoms with E-state index in [0.29, 0.717) is 30.6 Å². The summed E-state index contributed by atoms with van der Waals surface area (Å²) < 4.78 is 0. The highest BCUT2D eigenvalue weighted by atomic mass is 32.1. The molecule has 8 heteroatoms. The number of nitrogens with one attached hydrogen (secondary N) is 4. The number of anilines is 1. The molecule has 0 atom stereocenters. The quantitative estimate of drug-likeness (QED) is 0.558. The van der Waals surface area contributed by atoms with Crippen LogP contribution < -0.4 is 16.0 Å². The second-order valence-electron chi connectivity index (χ2n) is 6.51. The van der Waals surface area contributed by atoms with Crippen molar-refractivity contribution in [3.8, 4) is 11.4 Å². The maximum Gasteiger partial charge on any atom is 0.315 e.